The molecule has 0 spiro atoms. The van der Waals surface area contributed by atoms with Gasteiger partial charge in [-0.3, -0.25) is 0 Å². The number of ether oxygens (including phenoxy) is 2. The predicted octanol–water partition coefficient (Wildman–Crippen LogP) is 6.15. The van der Waals surface area contributed by atoms with E-state index in [-0.39, 0.29) is 22.0 Å². The van der Waals surface area contributed by atoms with Crippen LogP contribution in [0.1, 0.15) is 44.2 Å². The molecule has 0 amide bonds. The first-order chi connectivity index (χ1) is 16.8. The minimum atomic E-state index is -0.305. The normalized spacial score (nSPS) is 26.1. The van der Waals surface area contributed by atoms with Gasteiger partial charge < -0.3 is 13.9 Å². The molecular weight excluding hydrogens is 438 g/mol. The number of rotatable bonds is 5. The third-order valence-corrected chi connectivity index (χ3v) is 8.00. The summed E-state index contributed by atoms with van der Waals surface area (Å²) in [7, 11) is 0. The average Bonchev–Trinajstić information content (AvgIpc) is 3.16. The summed E-state index contributed by atoms with van der Waals surface area (Å²) in [6.45, 7) is 5.37. The van der Waals surface area contributed by atoms with Crippen molar-refractivity contribution < 1.29 is 13.9 Å². The molecule has 0 radical (unpaired) electrons. The molecule has 0 atom stereocenters. The maximum Gasteiger partial charge on any atom is 0.344 e. The van der Waals surface area contributed by atoms with E-state index in [1.54, 1.807) is 0 Å². The van der Waals surface area contributed by atoms with Crippen molar-refractivity contribution in [2.75, 3.05) is 6.61 Å². The summed E-state index contributed by atoms with van der Waals surface area (Å²) in [6.07, 6.45) is 3.13. The number of nitrogens with zero attached hydrogens (tertiary/aromatic N) is 1. The van der Waals surface area contributed by atoms with Crippen LogP contribution in [0, 0.1) is 5.41 Å². The molecule has 3 aliphatic carbocycles. The first-order valence-corrected chi connectivity index (χ1v) is 12.3. The summed E-state index contributed by atoms with van der Waals surface area (Å²) in [6, 6.07) is 22.0. The van der Waals surface area contributed by atoms with E-state index in [2.05, 4.69) is 26.0 Å². The molecule has 35 heavy (non-hydrogen) atoms. The van der Waals surface area contributed by atoms with Crippen LogP contribution in [-0.4, -0.2) is 18.0 Å². The van der Waals surface area contributed by atoms with Crippen LogP contribution in [0.4, 0.5) is 0 Å². The van der Waals surface area contributed by atoms with Crippen LogP contribution in [0.2, 0.25) is 0 Å². The topological polar surface area (TPSA) is 61.0 Å². The number of hydrogen-bond acceptors (Lipinski definition) is 5. The van der Waals surface area contributed by atoms with E-state index in [1.165, 1.54) is 5.56 Å². The lowest BCUT2D eigenvalue weighted by molar-refractivity contribution is -0.0950. The maximum absolute atomic E-state index is 13.0. The Hall–Kier alpha value is -3.60. The van der Waals surface area contributed by atoms with E-state index in [0.717, 1.165) is 41.5 Å². The minimum Gasteiger partial charge on any atom is -0.489 e. The lowest BCUT2D eigenvalue weighted by Gasteiger charge is -2.70. The average molecular weight is 466 g/mol. The highest BCUT2D eigenvalue weighted by molar-refractivity contribution is 6.05. The van der Waals surface area contributed by atoms with E-state index in [9.17, 15) is 4.79 Å². The first kappa shape index (κ1) is 20.7. The van der Waals surface area contributed by atoms with Crippen molar-refractivity contribution in [2.45, 2.75) is 50.7 Å². The second kappa shape index (κ2) is 6.97. The van der Waals surface area contributed by atoms with Crippen LogP contribution in [0.15, 0.2) is 80.9 Å². The fraction of sp³-hybridized carbons (Fsp3) is 0.333. The summed E-state index contributed by atoms with van der Waals surface area (Å²) in [4.78, 5) is 17.8. The van der Waals surface area contributed by atoms with Crippen molar-refractivity contribution in [3.8, 4) is 5.75 Å². The van der Waals surface area contributed by atoms with Crippen LogP contribution in [0.5, 0.6) is 5.75 Å². The molecule has 5 nitrogen and oxygen atoms in total. The van der Waals surface area contributed by atoms with Crippen LogP contribution in [0.3, 0.4) is 0 Å². The van der Waals surface area contributed by atoms with Crippen molar-refractivity contribution in [1.29, 1.82) is 0 Å². The molecule has 0 unspecified atom stereocenters. The van der Waals surface area contributed by atoms with Gasteiger partial charge in [-0.1, -0.05) is 42.5 Å². The molecule has 3 fully saturated rings. The van der Waals surface area contributed by atoms with Crippen LogP contribution < -0.4 is 10.4 Å². The highest BCUT2D eigenvalue weighted by Crippen LogP contribution is 2.74. The molecule has 2 heterocycles. The van der Waals surface area contributed by atoms with Gasteiger partial charge in [-0.2, -0.15) is 0 Å². The van der Waals surface area contributed by atoms with Gasteiger partial charge >= 0.3 is 5.63 Å². The third kappa shape index (κ3) is 3.14. The summed E-state index contributed by atoms with van der Waals surface area (Å²) in [5.41, 5.74) is 2.67. The summed E-state index contributed by atoms with van der Waals surface area (Å²) in [5, 5.41) is 2.48. The molecule has 4 aliphatic rings. The quantitative estimate of drug-likeness (QED) is 0.262. The Labute approximate surface area is 203 Å². The van der Waals surface area contributed by atoms with E-state index >= 15 is 0 Å². The molecule has 176 valence electrons. The molecule has 2 bridgehead atoms. The fourth-order valence-corrected chi connectivity index (χ4v) is 6.25. The molecule has 1 aromatic heterocycles. The number of fused-ring (bicyclic) bond motifs is 3. The Morgan fingerprint density at radius 1 is 0.886 bits per heavy atom. The molecule has 0 N–H and O–H groups in total. The molecule has 3 saturated carbocycles. The molecule has 0 saturated heterocycles. The van der Waals surface area contributed by atoms with Gasteiger partial charge in [0.2, 0.25) is 0 Å². The molecular formula is C30H27NO4. The Morgan fingerprint density at radius 2 is 1.66 bits per heavy atom. The highest BCUT2D eigenvalue weighted by atomic mass is 16.5. The second-order valence-electron chi connectivity index (χ2n) is 11.2. The maximum atomic E-state index is 13.0. The predicted molar refractivity (Wildman–Crippen MR) is 136 cm³/mol. The van der Waals surface area contributed by atoms with Gasteiger partial charge in [-0.05, 0) is 73.2 Å². The van der Waals surface area contributed by atoms with Crippen molar-refractivity contribution in [3.63, 3.8) is 0 Å². The molecule has 1 aliphatic heterocycles. The van der Waals surface area contributed by atoms with Crippen LogP contribution in [0.25, 0.3) is 21.7 Å². The van der Waals surface area contributed by atoms with Crippen molar-refractivity contribution in [1.82, 2.24) is 0 Å². The van der Waals surface area contributed by atoms with E-state index < -0.39 is 0 Å². The zero-order valence-corrected chi connectivity index (χ0v) is 20.0. The highest BCUT2D eigenvalue weighted by Gasteiger charge is 2.72. The van der Waals surface area contributed by atoms with Crippen molar-refractivity contribution >= 4 is 27.6 Å². The zero-order chi connectivity index (χ0) is 23.8. The third-order valence-electron chi connectivity index (χ3n) is 8.00. The van der Waals surface area contributed by atoms with Gasteiger partial charge in [0.15, 0.2) is 5.90 Å². The van der Waals surface area contributed by atoms with Gasteiger partial charge in [-0.25, -0.2) is 9.79 Å². The molecule has 3 aromatic carbocycles. The van der Waals surface area contributed by atoms with Crippen molar-refractivity contribution in [3.05, 3.63) is 88.3 Å². The summed E-state index contributed by atoms with van der Waals surface area (Å²) < 4.78 is 17.6. The SMILES string of the molecule is CC1(C)COC(C23CC(c4ccc5c(c4)c(=O)oc4cc(OCc6ccccc6)ccc45)(C2)C3)=N1. The standard InChI is InChI=1S/C30H27NO4/c1-28(2)18-34-27(31-28)30-15-29(16-30,17-30)20-8-10-22-23-11-9-21(33-14-19-6-4-3-5-7-19)13-25(23)35-26(32)24(22)12-20/h3-13H,14-18H2,1-2H3. The van der Waals surface area contributed by atoms with Gasteiger partial charge in [0.1, 0.15) is 24.5 Å². The Kier molecular flexibility index (Phi) is 4.13. The van der Waals surface area contributed by atoms with Gasteiger partial charge in [-0.15, -0.1) is 0 Å². The number of benzene rings is 3. The smallest absolute Gasteiger partial charge is 0.344 e. The Morgan fingerprint density at radius 3 is 2.40 bits per heavy atom. The van der Waals surface area contributed by atoms with E-state index in [4.69, 9.17) is 18.9 Å². The van der Waals surface area contributed by atoms with E-state index in [0.29, 0.717) is 29.9 Å². The van der Waals surface area contributed by atoms with Gasteiger partial charge in [0, 0.05) is 16.9 Å². The van der Waals surface area contributed by atoms with Crippen LogP contribution >= 0.6 is 0 Å². The second-order valence-corrected chi connectivity index (χ2v) is 11.2. The summed E-state index contributed by atoms with van der Waals surface area (Å²) >= 11 is 0. The molecule has 8 rings (SSSR count). The number of hydrogen-bond donors (Lipinski definition) is 0. The lowest BCUT2D eigenvalue weighted by atomic mass is 9.33. The van der Waals surface area contributed by atoms with Gasteiger partial charge in [0.05, 0.1) is 10.9 Å². The largest absolute Gasteiger partial charge is 0.489 e. The van der Waals surface area contributed by atoms with Crippen LogP contribution in [-0.2, 0) is 16.8 Å². The molecule has 4 aromatic rings. The first-order valence-electron chi connectivity index (χ1n) is 12.3. The van der Waals surface area contributed by atoms with Gasteiger partial charge in [0.25, 0.3) is 0 Å². The van der Waals surface area contributed by atoms with E-state index in [1.807, 2.05) is 54.6 Å². The fourth-order valence-electron chi connectivity index (χ4n) is 6.25. The lowest BCUT2D eigenvalue weighted by Crippen LogP contribution is -2.68. The number of aliphatic imine (C=N–C) groups is 1. The van der Waals surface area contributed by atoms with Crippen molar-refractivity contribution in [2.24, 2.45) is 10.4 Å². The molecule has 5 heteroatoms. The minimum absolute atomic E-state index is 0.104. The Balaban J connectivity index is 1.16. The zero-order valence-electron chi connectivity index (χ0n) is 20.0. The summed E-state index contributed by atoms with van der Waals surface area (Å²) in [5.74, 6) is 1.63. The Bertz CT molecular complexity index is 1560. The monoisotopic (exact) mass is 465 g/mol.